The average molecular weight is 409 g/mol. The van der Waals surface area contributed by atoms with Crippen LogP contribution in [-0.2, 0) is 4.79 Å². The summed E-state index contributed by atoms with van der Waals surface area (Å²) in [5, 5.41) is 20.0. The minimum atomic E-state index is -1.01. The number of rotatable bonds is 6. The normalized spacial score (nSPS) is 19.4. The van der Waals surface area contributed by atoms with E-state index in [2.05, 4.69) is 0 Å². The summed E-state index contributed by atoms with van der Waals surface area (Å²) in [6.07, 6.45) is -0.430. The molecule has 30 heavy (non-hydrogen) atoms. The number of anilines is 1. The zero-order valence-corrected chi connectivity index (χ0v) is 16.1. The fourth-order valence-electron chi connectivity index (χ4n) is 4.01. The number of β-lactam (4-membered cyclic amide) rings is 1. The molecule has 2 N–H and O–H groups in total. The molecule has 0 aromatic heterocycles. The van der Waals surface area contributed by atoms with Gasteiger partial charge in [0.25, 0.3) is 0 Å². The third-order valence-corrected chi connectivity index (χ3v) is 5.57. The van der Waals surface area contributed by atoms with Gasteiger partial charge in [-0.05, 0) is 60.9 Å². The lowest BCUT2D eigenvalue weighted by Gasteiger charge is -2.48. The van der Waals surface area contributed by atoms with Gasteiger partial charge in [0.15, 0.2) is 0 Å². The molecule has 4 rings (SSSR count). The molecule has 0 radical (unpaired) electrons. The number of phenolic OH excluding ortho intramolecular Hbond substituents is 1. The number of aliphatic hydroxyl groups excluding tert-OH is 1. The lowest BCUT2D eigenvalue weighted by Crippen LogP contribution is -2.55. The van der Waals surface area contributed by atoms with Crippen molar-refractivity contribution in [1.29, 1.82) is 0 Å². The highest BCUT2D eigenvalue weighted by molar-refractivity contribution is 6.03. The number of hydrogen-bond acceptors (Lipinski definition) is 3. The van der Waals surface area contributed by atoms with E-state index in [0.717, 1.165) is 5.56 Å². The molecule has 6 heteroatoms. The minimum Gasteiger partial charge on any atom is -0.508 e. The van der Waals surface area contributed by atoms with Crippen LogP contribution in [-0.4, -0.2) is 16.1 Å². The molecule has 154 valence electrons. The first-order chi connectivity index (χ1) is 14.5. The first-order valence-corrected chi connectivity index (χ1v) is 9.76. The third kappa shape index (κ3) is 3.78. The van der Waals surface area contributed by atoms with Gasteiger partial charge in [-0.2, -0.15) is 0 Å². The predicted octanol–water partition coefficient (Wildman–Crippen LogP) is 4.89. The van der Waals surface area contributed by atoms with E-state index in [0.29, 0.717) is 12.1 Å². The quantitative estimate of drug-likeness (QED) is 0.570. The number of hydrogen-bond donors (Lipinski definition) is 2. The monoisotopic (exact) mass is 409 g/mol. The Balaban J connectivity index is 1.57. The van der Waals surface area contributed by atoms with Crippen LogP contribution in [0.1, 0.15) is 36.1 Å². The standard InChI is InChI=1S/C24H21F2NO3/c25-16-7-9-17(10-8-16)27-23(15-5-11-18(28)12-6-15)20(24(27)30)13-14-22(29)19-3-1-2-4-21(19)26/h1-12,20,22-23,28-29H,13-14H2. The zero-order chi connectivity index (χ0) is 21.3. The zero-order valence-electron chi connectivity index (χ0n) is 16.1. The van der Waals surface area contributed by atoms with Gasteiger partial charge in [-0.15, -0.1) is 0 Å². The van der Waals surface area contributed by atoms with Gasteiger partial charge in [0.05, 0.1) is 18.1 Å². The Bertz CT molecular complexity index is 1040. The number of aromatic hydroxyl groups is 1. The SMILES string of the molecule is O=C1C(CCC(O)c2ccccc2F)C(c2ccc(O)cc2)N1c1ccc(F)cc1. The molecule has 1 amide bonds. The van der Waals surface area contributed by atoms with Crippen molar-refractivity contribution in [3.05, 3.63) is 95.6 Å². The van der Waals surface area contributed by atoms with Crippen molar-refractivity contribution in [2.24, 2.45) is 5.92 Å². The summed E-state index contributed by atoms with van der Waals surface area (Å²) in [7, 11) is 0. The predicted molar refractivity (Wildman–Crippen MR) is 109 cm³/mol. The molecule has 4 nitrogen and oxygen atoms in total. The molecule has 1 saturated heterocycles. The topological polar surface area (TPSA) is 60.8 Å². The van der Waals surface area contributed by atoms with Crippen molar-refractivity contribution in [2.75, 3.05) is 4.90 Å². The van der Waals surface area contributed by atoms with Gasteiger partial charge in [0.2, 0.25) is 5.91 Å². The van der Waals surface area contributed by atoms with Crippen LogP contribution in [0.5, 0.6) is 5.75 Å². The molecule has 1 aliphatic heterocycles. The van der Waals surface area contributed by atoms with E-state index in [1.165, 1.54) is 24.3 Å². The van der Waals surface area contributed by atoms with Gasteiger partial charge >= 0.3 is 0 Å². The van der Waals surface area contributed by atoms with Gasteiger partial charge in [-0.3, -0.25) is 4.79 Å². The molecule has 0 spiro atoms. The maximum atomic E-state index is 13.9. The van der Waals surface area contributed by atoms with Gasteiger partial charge < -0.3 is 15.1 Å². The average Bonchev–Trinajstić information content (AvgIpc) is 2.74. The van der Waals surface area contributed by atoms with Crippen molar-refractivity contribution in [2.45, 2.75) is 25.0 Å². The number of halogens is 2. The number of carbonyl (C=O) groups excluding carboxylic acids is 1. The van der Waals surface area contributed by atoms with E-state index in [-0.39, 0.29) is 29.7 Å². The van der Waals surface area contributed by atoms with Crippen LogP contribution in [0.3, 0.4) is 0 Å². The Hall–Kier alpha value is -3.25. The number of phenols is 1. The largest absolute Gasteiger partial charge is 0.508 e. The summed E-state index contributed by atoms with van der Waals surface area (Å²) in [5.41, 5.74) is 1.60. The van der Waals surface area contributed by atoms with E-state index in [9.17, 15) is 23.8 Å². The van der Waals surface area contributed by atoms with Gasteiger partial charge in [0, 0.05) is 11.3 Å². The number of amides is 1. The van der Waals surface area contributed by atoms with E-state index in [1.807, 2.05) is 0 Å². The van der Waals surface area contributed by atoms with Gasteiger partial charge in [0.1, 0.15) is 17.4 Å². The Labute approximate surface area is 173 Å². The maximum Gasteiger partial charge on any atom is 0.233 e. The highest BCUT2D eigenvalue weighted by Crippen LogP contribution is 2.46. The lowest BCUT2D eigenvalue weighted by molar-refractivity contribution is -0.131. The van der Waals surface area contributed by atoms with Crippen LogP contribution >= 0.6 is 0 Å². The smallest absolute Gasteiger partial charge is 0.233 e. The van der Waals surface area contributed by atoms with E-state index in [1.54, 1.807) is 53.4 Å². The second kappa shape index (κ2) is 8.24. The summed E-state index contributed by atoms with van der Waals surface area (Å²) in [4.78, 5) is 14.5. The lowest BCUT2D eigenvalue weighted by atomic mass is 9.78. The van der Waals surface area contributed by atoms with Gasteiger partial charge in [-0.25, -0.2) is 8.78 Å². The first kappa shape index (κ1) is 20.0. The summed E-state index contributed by atoms with van der Waals surface area (Å²) in [6.45, 7) is 0. The van der Waals surface area contributed by atoms with Crippen molar-refractivity contribution in [3.8, 4) is 5.75 Å². The minimum absolute atomic E-state index is 0.115. The van der Waals surface area contributed by atoms with Crippen LogP contribution in [0.15, 0.2) is 72.8 Å². The van der Waals surface area contributed by atoms with Crippen molar-refractivity contribution in [1.82, 2.24) is 0 Å². The summed E-state index contributed by atoms with van der Waals surface area (Å²) >= 11 is 0. The first-order valence-electron chi connectivity index (χ1n) is 9.76. The summed E-state index contributed by atoms with van der Waals surface area (Å²) in [5.74, 6) is -1.31. The van der Waals surface area contributed by atoms with Crippen LogP contribution in [0.2, 0.25) is 0 Å². The summed E-state index contributed by atoms with van der Waals surface area (Å²) < 4.78 is 27.3. The summed E-state index contributed by atoms with van der Waals surface area (Å²) in [6, 6.07) is 18.0. The van der Waals surface area contributed by atoms with Crippen LogP contribution in [0, 0.1) is 17.6 Å². The molecule has 3 aromatic rings. The Morgan fingerprint density at radius 2 is 1.60 bits per heavy atom. The van der Waals surface area contributed by atoms with Crippen molar-refractivity contribution in [3.63, 3.8) is 0 Å². The van der Waals surface area contributed by atoms with E-state index >= 15 is 0 Å². The molecule has 3 atom stereocenters. The number of nitrogens with zero attached hydrogens (tertiary/aromatic N) is 1. The molecule has 0 saturated carbocycles. The second-order valence-electron chi connectivity index (χ2n) is 7.44. The van der Waals surface area contributed by atoms with Crippen molar-refractivity contribution >= 4 is 11.6 Å². The highest BCUT2D eigenvalue weighted by Gasteiger charge is 2.48. The molecular formula is C24H21F2NO3. The molecule has 1 heterocycles. The molecular weight excluding hydrogens is 388 g/mol. The molecule has 1 fully saturated rings. The second-order valence-corrected chi connectivity index (χ2v) is 7.44. The number of aliphatic hydroxyl groups is 1. The van der Waals surface area contributed by atoms with Crippen LogP contribution in [0.4, 0.5) is 14.5 Å². The number of benzene rings is 3. The molecule has 0 bridgehead atoms. The third-order valence-electron chi connectivity index (χ3n) is 5.57. The highest BCUT2D eigenvalue weighted by atomic mass is 19.1. The van der Waals surface area contributed by atoms with E-state index < -0.39 is 23.7 Å². The molecule has 0 aliphatic carbocycles. The fourth-order valence-corrected chi connectivity index (χ4v) is 4.01. The molecule has 3 aromatic carbocycles. The fraction of sp³-hybridized carbons (Fsp3) is 0.208. The molecule has 1 aliphatic rings. The molecule has 3 unspecified atom stereocenters. The number of carbonyl (C=O) groups is 1. The van der Waals surface area contributed by atoms with Crippen LogP contribution in [0.25, 0.3) is 0 Å². The van der Waals surface area contributed by atoms with Crippen molar-refractivity contribution < 1.29 is 23.8 Å². The van der Waals surface area contributed by atoms with E-state index in [4.69, 9.17) is 0 Å². The maximum absolute atomic E-state index is 13.9. The Kier molecular flexibility index (Phi) is 5.50. The Morgan fingerprint density at radius 1 is 0.933 bits per heavy atom. The van der Waals surface area contributed by atoms with Crippen LogP contribution < -0.4 is 4.90 Å². The Morgan fingerprint density at radius 3 is 2.27 bits per heavy atom. The van der Waals surface area contributed by atoms with Gasteiger partial charge in [-0.1, -0.05) is 30.3 Å².